The van der Waals surface area contributed by atoms with Crippen LogP contribution < -0.4 is 5.32 Å². The summed E-state index contributed by atoms with van der Waals surface area (Å²) in [6.07, 6.45) is 2.59. The average Bonchev–Trinajstić information content (AvgIpc) is 2.75. The third-order valence-electron chi connectivity index (χ3n) is 4.53. The van der Waals surface area contributed by atoms with E-state index in [-0.39, 0.29) is 5.41 Å². The second kappa shape index (κ2) is 4.11. The van der Waals surface area contributed by atoms with Crippen molar-refractivity contribution in [2.75, 3.05) is 19.8 Å². The number of rotatable bonds is 2. The van der Waals surface area contributed by atoms with E-state index in [1.807, 2.05) is 0 Å². The summed E-state index contributed by atoms with van der Waals surface area (Å²) in [5.41, 5.74) is 4.48. The van der Waals surface area contributed by atoms with Crippen molar-refractivity contribution < 1.29 is 4.74 Å². The molecule has 92 valence electrons. The topological polar surface area (TPSA) is 21.3 Å². The highest BCUT2D eigenvalue weighted by Crippen LogP contribution is 2.39. The smallest absolute Gasteiger partial charge is 0.0600 e. The quantitative estimate of drug-likeness (QED) is 0.843. The van der Waals surface area contributed by atoms with E-state index in [0.29, 0.717) is 6.04 Å². The standard InChI is InChI=1S/C15H21NO/c1-11-5-6-13(8-12(11)2)15(9-17-10-15)14-4-3-7-16-14/h5-6,8,14,16H,3-4,7,9-10H2,1-2H3. The van der Waals surface area contributed by atoms with Crippen molar-refractivity contribution in [1.82, 2.24) is 5.32 Å². The van der Waals surface area contributed by atoms with Gasteiger partial charge in [-0.05, 0) is 49.9 Å². The largest absolute Gasteiger partial charge is 0.379 e. The van der Waals surface area contributed by atoms with Gasteiger partial charge in [-0.3, -0.25) is 0 Å². The van der Waals surface area contributed by atoms with Gasteiger partial charge in [0.1, 0.15) is 0 Å². The van der Waals surface area contributed by atoms with Crippen LogP contribution in [0.1, 0.15) is 29.5 Å². The predicted molar refractivity (Wildman–Crippen MR) is 69.4 cm³/mol. The molecule has 0 saturated carbocycles. The molecule has 2 nitrogen and oxygen atoms in total. The highest BCUT2D eigenvalue weighted by atomic mass is 16.5. The number of benzene rings is 1. The number of hydrogen-bond donors (Lipinski definition) is 1. The molecule has 2 fully saturated rings. The molecule has 0 spiro atoms. The lowest BCUT2D eigenvalue weighted by atomic mass is 9.71. The summed E-state index contributed by atoms with van der Waals surface area (Å²) in [7, 11) is 0. The molecule has 17 heavy (non-hydrogen) atoms. The Morgan fingerprint density at radius 3 is 2.59 bits per heavy atom. The first-order chi connectivity index (χ1) is 8.22. The van der Waals surface area contributed by atoms with Crippen LogP contribution in [0.2, 0.25) is 0 Å². The maximum Gasteiger partial charge on any atom is 0.0600 e. The van der Waals surface area contributed by atoms with Crippen LogP contribution in [0.4, 0.5) is 0 Å². The Hall–Kier alpha value is -0.860. The summed E-state index contributed by atoms with van der Waals surface area (Å²) in [6.45, 7) is 7.31. The van der Waals surface area contributed by atoms with Crippen molar-refractivity contribution in [2.24, 2.45) is 0 Å². The van der Waals surface area contributed by atoms with Gasteiger partial charge in [-0.2, -0.15) is 0 Å². The van der Waals surface area contributed by atoms with E-state index in [2.05, 4.69) is 37.4 Å². The zero-order valence-electron chi connectivity index (χ0n) is 10.8. The van der Waals surface area contributed by atoms with E-state index in [0.717, 1.165) is 19.8 Å². The fourth-order valence-corrected chi connectivity index (χ4v) is 3.10. The van der Waals surface area contributed by atoms with Crippen LogP contribution in [0.3, 0.4) is 0 Å². The number of hydrogen-bond acceptors (Lipinski definition) is 2. The summed E-state index contributed by atoms with van der Waals surface area (Å²) < 4.78 is 5.54. The van der Waals surface area contributed by atoms with Crippen molar-refractivity contribution in [3.8, 4) is 0 Å². The van der Waals surface area contributed by atoms with Gasteiger partial charge in [0.25, 0.3) is 0 Å². The van der Waals surface area contributed by atoms with Crippen LogP contribution in [0, 0.1) is 13.8 Å². The van der Waals surface area contributed by atoms with E-state index < -0.39 is 0 Å². The van der Waals surface area contributed by atoms with Gasteiger partial charge in [0.15, 0.2) is 0 Å². The van der Waals surface area contributed by atoms with Gasteiger partial charge in [0, 0.05) is 6.04 Å². The Balaban J connectivity index is 1.96. The summed E-state index contributed by atoms with van der Waals surface area (Å²) >= 11 is 0. The van der Waals surface area contributed by atoms with Crippen molar-refractivity contribution in [3.63, 3.8) is 0 Å². The molecular formula is C15H21NO. The molecule has 1 aromatic rings. The minimum absolute atomic E-state index is 0.245. The lowest BCUT2D eigenvalue weighted by molar-refractivity contribution is -0.0761. The van der Waals surface area contributed by atoms with Gasteiger partial charge >= 0.3 is 0 Å². The van der Waals surface area contributed by atoms with E-state index in [1.165, 1.54) is 29.5 Å². The molecule has 2 heterocycles. The molecule has 0 amide bonds. The molecule has 3 rings (SSSR count). The maximum atomic E-state index is 5.54. The van der Waals surface area contributed by atoms with Gasteiger partial charge in [-0.15, -0.1) is 0 Å². The molecule has 0 bridgehead atoms. The van der Waals surface area contributed by atoms with Crippen LogP contribution in [-0.2, 0) is 10.2 Å². The molecule has 2 saturated heterocycles. The summed E-state index contributed by atoms with van der Waals surface area (Å²) in [4.78, 5) is 0. The van der Waals surface area contributed by atoms with Crippen LogP contribution >= 0.6 is 0 Å². The molecule has 1 N–H and O–H groups in total. The molecule has 1 unspecified atom stereocenters. The molecule has 1 aromatic carbocycles. The van der Waals surface area contributed by atoms with Gasteiger partial charge < -0.3 is 10.1 Å². The first-order valence-electron chi connectivity index (χ1n) is 6.61. The first kappa shape index (κ1) is 11.2. The van der Waals surface area contributed by atoms with E-state index in [1.54, 1.807) is 0 Å². The van der Waals surface area contributed by atoms with Crippen LogP contribution in [0.15, 0.2) is 18.2 Å². The van der Waals surface area contributed by atoms with Gasteiger partial charge in [0.2, 0.25) is 0 Å². The number of aryl methyl sites for hydroxylation is 2. The number of nitrogens with one attached hydrogen (secondary N) is 1. The van der Waals surface area contributed by atoms with Gasteiger partial charge in [0.05, 0.1) is 18.6 Å². The predicted octanol–water partition coefficient (Wildman–Crippen LogP) is 2.32. The Morgan fingerprint density at radius 1 is 1.24 bits per heavy atom. The van der Waals surface area contributed by atoms with Gasteiger partial charge in [-0.1, -0.05) is 18.2 Å². The third kappa shape index (κ3) is 1.71. The second-order valence-electron chi connectivity index (χ2n) is 5.60. The zero-order valence-corrected chi connectivity index (χ0v) is 10.8. The third-order valence-corrected chi connectivity index (χ3v) is 4.53. The van der Waals surface area contributed by atoms with E-state index in [4.69, 9.17) is 4.74 Å². The van der Waals surface area contributed by atoms with Crippen molar-refractivity contribution >= 4 is 0 Å². The first-order valence-corrected chi connectivity index (χ1v) is 6.61. The summed E-state index contributed by atoms with van der Waals surface area (Å²) in [6, 6.07) is 7.51. The zero-order chi connectivity index (χ0) is 11.9. The molecular weight excluding hydrogens is 210 g/mol. The Morgan fingerprint density at radius 2 is 2.06 bits per heavy atom. The monoisotopic (exact) mass is 231 g/mol. The normalized spacial score (nSPS) is 26.8. The summed E-state index contributed by atoms with van der Waals surface area (Å²) in [5, 5.41) is 3.65. The molecule has 2 aliphatic heterocycles. The SMILES string of the molecule is Cc1ccc(C2(C3CCCN3)COC2)cc1C. The molecule has 2 heteroatoms. The van der Waals surface area contributed by atoms with Crippen molar-refractivity contribution in [3.05, 3.63) is 34.9 Å². The van der Waals surface area contributed by atoms with E-state index in [9.17, 15) is 0 Å². The fourth-order valence-electron chi connectivity index (χ4n) is 3.10. The highest BCUT2D eigenvalue weighted by molar-refractivity contribution is 5.37. The van der Waals surface area contributed by atoms with Crippen molar-refractivity contribution in [2.45, 2.75) is 38.1 Å². The minimum atomic E-state index is 0.245. The minimum Gasteiger partial charge on any atom is -0.379 e. The fraction of sp³-hybridized carbons (Fsp3) is 0.600. The Kier molecular flexibility index (Phi) is 2.72. The Labute approximate surface area is 103 Å². The molecule has 0 radical (unpaired) electrons. The maximum absolute atomic E-state index is 5.54. The second-order valence-corrected chi connectivity index (χ2v) is 5.60. The molecule has 1 atom stereocenters. The summed E-state index contributed by atoms with van der Waals surface area (Å²) in [5.74, 6) is 0. The molecule has 0 aliphatic carbocycles. The average molecular weight is 231 g/mol. The van der Waals surface area contributed by atoms with E-state index >= 15 is 0 Å². The number of ether oxygens (including phenoxy) is 1. The Bertz CT molecular complexity index is 417. The van der Waals surface area contributed by atoms with Crippen LogP contribution in [0.25, 0.3) is 0 Å². The lowest BCUT2D eigenvalue weighted by Gasteiger charge is -2.46. The van der Waals surface area contributed by atoms with Crippen LogP contribution in [0.5, 0.6) is 0 Å². The molecule has 0 aromatic heterocycles. The van der Waals surface area contributed by atoms with Crippen LogP contribution in [-0.4, -0.2) is 25.8 Å². The molecule has 2 aliphatic rings. The van der Waals surface area contributed by atoms with Gasteiger partial charge in [-0.25, -0.2) is 0 Å². The highest BCUT2D eigenvalue weighted by Gasteiger charge is 2.47. The lowest BCUT2D eigenvalue weighted by Crippen LogP contribution is -2.58. The van der Waals surface area contributed by atoms with Crippen molar-refractivity contribution in [1.29, 1.82) is 0 Å².